The molecule has 0 saturated heterocycles. The third-order valence-corrected chi connectivity index (χ3v) is 10.5. The molecule has 2 heterocycles. The van der Waals surface area contributed by atoms with Gasteiger partial charge in [-0.1, -0.05) is 63.6 Å². The van der Waals surface area contributed by atoms with Crippen molar-refractivity contribution >= 4 is 49.6 Å². The van der Waals surface area contributed by atoms with Crippen molar-refractivity contribution in [3.8, 4) is 22.6 Å². The van der Waals surface area contributed by atoms with Crippen molar-refractivity contribution in [3.05, 3.63) is 71.8 Å². The van der Waals surface area contributed by atoms with Gasteiger partial charge in [0.15, 0.2) is 12.5 Å². The van der Waals surface area contributed by atoms with Crippen molar-refractivity contribution in [3.63, 3.8) is 0 Å². The lowest BCUT2D eigenvalue weighted by Crippen LogP contribution is -2.36. The highest BCUT2D eigenvalue weighted by atomic mass is 16.7. The number of hydrogen-bond acceptors (Lipinski definition) is 5. The molecule has 1 fully saturated rings. The second-order valence-electron chi connectivity index (χ2n) is 13.8. The van der Waals surface area contributed by atoms with Gasteiger partial charge in [-0.2, -0.15) is 0 Å². The summed E-state index contributed by atoms with van der Waals surface area (Å²) in [6.45, 7) is 8.61. The van der Waals surface area contributed by atoms with Crippen molar-refractivity contribution in [1.82, 2.24) is 9.13 Å². The van der Waals surface area contributed by atoms with Gasteiger partial charge in [0.1, 0.15) is 11.9 Å². The summed E-state index contributed by atoms with van der Waals surface area (Å²) < 4.78 is 22.6. The number of esters is 1. The monoisotopic (exact) mass is 632 g/mol. The Kier molecular flexibility index (Phi) is 7.91. The number of aryl methyl sites for hydroxylation is 3. The summed E-state index contributed by atoms with van der Waals surface area (Å²) in [7, 11) is 5.55. The van der Waals surface area contributed by atoms with Crippen molar-refractivity contribution in [2.24, 2.45) is 31.8 Å². The van der Waals surface area contributed by atoms with Crippen LogP contribution < -0.4 is 4.74 Å². The van der Waals surface area contributed by atoms with Crippen LogP contribution in [0.4, 0.5) is 0 Å². The highest BCUT2D eigenvalue weighted by Crippen LogP contribution is 2.50. The Morgan fingerprint density at radius 1 is 0.894 bits per heavy atom. The minimum absolute atomic E-state index is 0.0339. The smallest absolute Gasteiger partial charge is 0.339 e. The molecular formula is C40H44N2O5. The number of para-hydroxylation sites is 2. The van der Waals surface area contributed by atoms with E-state index in [1.54, 1.807) is 7.11 Å². The molecule has 0 aliphatic heterocycles. The van der Waals surface area contributed by atoms with Gasteiger partial charge in [0.25, 0.3) is 0 Å². The molecule has 1 aliphatic carbocycles. The van der Waals surface area contributed by atoms with Gasteiger partial charge in [0, 0.05) is 64.9 Å². The van der Waals surface area contributed by atoms with Gasteiger partial charge in [0.05, 0.1) is 16.6 Å². The number of methoxy groups -OCH3 is 1. The number of phenolic OH excluding ortho intramolecular Hbond substituents is 1. The lowest BCUT2D eigenvalue weighted by Gasteiger charge is -2.36. The number of nitrogens with zero attached hydrogens (tertiary/aromatic N) is 2. The highest BCUT2D eigenvalue weighted by Gasteiger charge is 2.36. The zero-order valence-corrected chi connectivity index (χ0v) is 28.4. The third-order valence-electron chi connectivity index (χ3n) is 10.5. The standard InChI is InChI=1S/C40H44N2O5/c1-22(2)25-17-16-23(3)18-33(25)47-40(44)30-20-29-27-13-9-11-15-32(27)42(6)37(29)39(46-21-45-7)35(30)34-24(4)19-28-26-12-8-10-14-31(26)41(5)36(28)38(34)43/h8-15,19-20,22-23,25,33,43H,16-18,21H2,1-7H3/t23-,25+,33-/m1/s1. The number of hydrogen-bond donors (Lipinski definition) is 1. The van der Waals surface area contributed by atoms with Gasteiger partial charge in [-0.3, -0.25) is 0 Å². The summed E-state index contributed by atoms with van der Waals surface area (Å²) in [5.41, 5.74) is 5.79. The van der Waals surface area contributed by atoms with E-state index in [0.717, 1.165) is 62.9 Å². The van der Waals surface area contributed by atoms with Crippen LogP contribution in [-0.2, 0) is 23.6 Å². The van der Waals surface area contributed by atoms with Gasteiger partial charge in [-0.05, 0) is 67.3 Å². The van der Waals surface area contributed by atoms with Gasteiger partial charge in [0.2, 0.25) is 0 Å². The Balaban J connectivity index is 1.56. The van der Waals surface area contributed by atoms with E-state index in [-0.39, 0.29) is 24.6 Å². The number of aromatic nitrogens is 2. The maximum absolute atomic E-state index is 14.7. The lowest BCUT2D eigenvalue weighted by molar-refractivity contribution is -0.0173. The maximum Gasteiger partial charge on any atom is 0.339 e. The summed E-state index contributed by atoms with van der Waals surface area (Å²) in [5.74, 6) is 1.32. The molecular weight excluding hydrogens is 588 g/mol. The average molecular weight is 633 g/mol. The van der Waals surface area contributed by atoms with E-state index in [1.165, 1.54) is 0 Å². The molecule has 2 aromatic heterocycles. The molecule has 7 rings (SSSR count). The third kappa shape index (κ3) is 4.94. The highest BCUT2D eigenvalue weighted by molar-refractivity contribution is 6.18. The SMILES string of the molecule is COCOc1c(-c2c(C)cc3c4ccccc4n(C)c3c2O)c(C(=O)O[C@@H]2C[C@H](C)CC[C@H]2C(C)C)cc2c3ccccc3n(C)c12. The molecule has 4 aromatic carbocycles. The first-order valence-electron chi connectivity index (χ1n) is 16.7. The molecule has 47 heavy (non-hydrogen) atoms. The summed E-state index contributed by atoms with van der Waals surface area (Å²) >= 11 is 0. The van der Waals surface area contributed by atoms with Crippen LogP contribution in [0.5, 0.6) is 11.5 Å². The molecule has 0 spiro atoms. The fourth-order valence-corrected chi connectivity index (χ4v) is 8.18. The Bertz CT molecular complexity index is 2170. The number of carbonyl (C=O) groups is 1. The number of aromatic hydroxyl groups is 1. The molecule has 0 bridgehead atoms. The molecule has 3 atom stereocenters. The molecule has 244 valence electrons. The summed E-state index contributed by atoms with van der Waals surface area (Å²) in [6.07, 6.45) is 2.81. The fraction of sp³-hybridized carbons (Fsp3) is 0.375. The normalized spacial score (nSPS) is 18.6. The molecule has 6 aromatic rings. The molecule has 7 nitrogen and oxygen atoms in total. The van der Waals surface area contributed by atoms with E-state index < -0.39 is 5.97 Å². The Morgan fingerprint density at radius 2 is 1.51 bits per heavy atom. The first-order chi connectivity index (χ1) is 22.6. The second-order valence-corrected chi connectivity index (χ2v) is 13.8. The molecule has 1 saturated carbocycles. The van der Waals surface area contributed by atoms with Crippen LogP contribution in [0.2, 0.25) is 0 Å². The van der Waals surface area contributed by atoms with Gasteiger partial charge in [-0.25, -0.2) is 4.79 Å². The van der Waals surface area contributed by atoms with Crippen LogP contribution in [0, 0.1) is 24.7 Å². The van der Waals surface area contributed by atoms with Crippen LogP contribution in [0.1, 0.15) is 56.0 Å². The topological polar surface area (TPSA) is 74.8 Å². The van der Waals surface area contributed by atoms with Crippen LogP contribution >= 0.6 is 0 Å². The minimum atomic E-state index is -0.405. The molecule has 0 unspecified atom stereocenters. The van der Waals surface area contributed by atoms with Crippen LogP contribution in [-0.4, -0.2) is 40.2 Å². The minimum Gasteiger partial charge on any atom is -0.505 e. The largest absolute Gasteiger partial charge is 0.505 e. The Labute approximate surface area is 275 Å². The molecule has 0 amide bonds. The number of fused-ring (bicyclic) bond motifs is 6. The van der Waals surface area contributed by atoms with E-state index in [1.807, 2.05) is 55.9 Å². The molecule has 7 heteroatoms. The number of carbonyl (C=O) groups excluding carboxylic acids is 1. The first-order valence-corrected chi connectivity index (χ1v) is 16.7. The summed E-state index contributed by atoms with van der Waals surface area (Å²) in [6, 6.07) is 20.3. The zero-order valence-electron chi connectivity index (χ0n) is 28.4. The molecule has 0 radical (unpaired) electrons. The number of ether oxygens (including phenoxy) is 3. The number of rotatable bonds is 7. The number of phenols is 1. The summed E-state index contributed by atoms with van der Waals surface area (Å²) in [5, 5.41) is 16.2. The molecule has 1 N–H and O–H groups in total. The van der Waals surface area contributed by atoms with Crippen LogP contribution in [0.3, 0.4) is 0 Å². The van der Waals surface area contributed by atoms with E-state index in [0.29, 0.717) is 39.8 Å². The summed E-state index contributed by atoms with van der Waals surface area (Å²) in [4.78, 5) is 14.7. The predicted molar refractivity (Wildman–Crippen MR) is 189 cm³/mol. The van der Waals surface area contributed by atoms with Crippen LogP contribution in [0.25, 0.3) is 54.7 Å². The van der Waals surface area contributed by atoms with Crippen molar-refractivity contribution < 1.29 is 24.1 Å². The zero-order chi connectivity index (χ0) is 33.1. The predicted octanol–water partition coefficient (Wildman–Crippen LogP) is 9.26. The van der Waals surface area contributed by atoms with E-state index in [9.17, 15) is 9.90 Å². The quantitative estimate of drug-likeness (QED) is 0.140. The molecule has 1 aliphatic rings. The van der Waals surface area contributed by atoms with Crippen LogP contribution in [0.15, 0.2) is 60.7 Å². The average Bonchev–Trinajstić information content (AvgIpc) is 3.50. The second kappa shape index (κ2) is 11.9. The lowest BCUT2D eigenvalue weighted by atomic mass is 9.75. The van der Waals surface area contributed by atoms with Gasteiger partial charge < -0.3 is 28.5 Å². The van der Waals surface area contributed by atoms with Gasteiger partial charge >= 0.3 is 5.97 Å². The number of benzene rings is 4. The van der Waals surface area contributed by atoms with E-state index >= 15 is 0 Å². The van der Waals surface area contributed by atoms with Crippen molar-refractivity contribution in [1.29, 1.82) is 0 Å². The van der Waals surface area contributed by atoms with Gasteiger partial charge in [-0.15, -0.1) is 0 Å². The Morgan fingerprint density at radius 3 is 2.15 bits per heavy atom. The van der Waals surface area contributed by atoms with Crippen molar-refractivity contribution in [2.45, 2.75) is 53.1 Å². The van der Waals surface area contributed by atoms with E-state index in [4.69, 9.17) is 14.2 Å². The van der Waals surface area contributed by atoms with E-state index in [2.05, 4.69) is 55.7 Å². The maximum atomic E-state index is 14.7. The first kappa shape index (κ1) is 31.1. The fourth-order valence-electron chi connectivity index (χ4n) is 8.18. The Hall–Kier alpha value is -4.49. The van der Waals surface area contributed by atoms with Crippen molar-refractivity contribution in [2.75, 3.05) is 13.9 Å².